The van der Waals surface area contributed by atoms with Crippen molar-refractivity contribution in [3.8, 4) is 0 Å². The van der Waals surface area contributed by atoms with Crippen LogP contribution in [-0.2, 0) is 4.79 Å². The summed E-state index contributed by atoms with van der Waals surface area (Å²) in [5.74, 6) is 0.923. The summed E-state index contributed by atoms with van der Waals surface area (Å²) < 4.78 is 13.5. The lowest BCUT2D eigenvalue weighted by Gasteiger charge is -2.21. The molecular formula is C15H17FN2OS. The molecule has 2 saturated carbocycles. The highest BCUT2D eigenvalue weighted by Crippen LogP contribution is 2.48. The monoisotopic (exact) mass is 292 g/mol. The fourth-order valence-corrected chi connectivity index (χ4v) is 3.75. The Morgan fingerprint density at radius 2 is 2.15 bits per heavy atom. The number of benzene rings is 1. The van der Waals surface area contributed by atoms with E-state index in [9.17, 15) is 9.18 Å². The average Bonchev–Trinajstić information content (AvgIpc) is 3.03. The van der Waals surface area contributed by atoms with Gasteiger partial charge in [-0.25, -0.2) is 4.39 Å². The van der Waals surface area contributed by atoms with Crippen molar-refractivity contribution < 1.29 is 9.18 Å². The molecule has 0 heterocycles. The fraction of sp³-hybridized carbons (Fsp3) is 0.467. The molecule has 3 rings (SSSR count). The van der Waals surface area contributed by atoms with Crippen LogP contribution in [0.2, 0.25) is 0 Å². The van der Waals surface area contributed by atoms with Gasteiger partial charge in [0.05, 0.1) is 0 Å². The Labute approximate surface area is 122 Å². The van der Waals surface area contributed by atoms with Crippen LogP contribution in [0, 0.1) is 23.6 Å². The lowest BCUT2D eigenvalue weighted by molar-refractivity contribution is -0.121. The molecule has 2 aliphatic rings. The van der Waals surface area contributed by atoms with Gasteiger partial charge in [-0.05, 0) is 49.3 Å². The maximum Gasteiger partial charge on any atom is 0.227 e. The van der Waals surface area contributed by atoms with Crippen LogP contribution < -0.4 is 11.1 Å². The number of nitrogens with two attached hydrogens (primary N) is 1. The van der Waals surface area contributed by atoms with E-state index in [1.165, 1.54) is 25.0 Å². The van der Waals surface area contributed by atoms with E-state index in [1.54, 1.807) is 6.07 Å². The number of amides is 1. The molecule has 0 saturated heterocycles. The molecule has 2 bridgehead atoms. The molecule has 3 N–H and O–H groups in total. The van der Waals surface area contributed by atoms with Gasteiger partial charge in [0.25, 0.3) is 0 Å². The van der Waals surface area contributed by atoms with Gasteiger partial charge >= 0.3 is 0 Å². The second kappa shape index (κ2) is 5.13. The van der Waals surface area contributed by atoms with Gasteiger partial charge in [-0.1, -0.05) is 18.6 Å². The zero-order valence-corrected chi connectivity index (χ0v) is 11.9. The molecule has 3 unspecified atom stereocenters. The van der Waals surface area contributed by atoms with Crippen LogP contribution in [0.1, 0.15) is 31.2 Å². The number of halogens is 1. The molecular weight excluding hydrogens is 275 g/mol. The standard InChI is InChI=1S/C15H17FN2OS/c16-13-4-3-10(7-12(13)14(17)20)18-15(19)11-6-8-1-2-9(11)5-8/h3-4,7-9,11H,1-2,5-6H2,(H2,17,20)(H,18,19). The summed E-state index contributed by atoms with van der Waals surface area (Å²) in [6.45, 7) is 0. The number of carbonyl (C=O) groups excluding carboxylic acids is 1. The Balaban J connectivity index is 1.73. The van der Waals surface area contributed by atoms with Crippen LogP contribution in [0.25, 0.3) is 0 Å². The molecule has 2 fully saturated rings. The molecule has 20 heavy (non-hydrogen) atoms. The molecule has 1 aromatic rings. The second-order valence-corrected chi connectivity index (χ2v) is 6.27. The SMILES string of the molecule is NC(=S)c1cc(NC(=O)C2CC3CCC2C3)ccc1F. The average molecular weight is 292 g/mol. The van der Waals surface area contributed by atoms with Crippen molar-refractivity contribution in [2.24, 2.45) is 23.5 Å². The molecule has 1 amide bonds. The molecule has 2 aliphatic carbocycles. The van der Waals surface area contributed by atoms with Crippen LogP contribution in [-0.4, -0.2) is 10.9 Å². The molecule has 3 atom stereocenters. The van der Waals surface area contributed by atoms with Crippen LogP contribution in [0.4, 0.5) is 10.1 Å². The third kappa shape index (κ3) is 2.42. The van der Waals surface area contributed by atoms with Crippen LogP contribution in [0.15, 0.2) is 18.2 Å². The second-order valence-electron chi connectivity index (χ2n) is 5.83. The number of hydrogen-bond acceptors (Lipinski definition) is 2. The Bertz CT molecular complexity index is 575. The van der Waals surface area contributed by atoms with E-state index in [0.717, 1.165) is 18.8 Å². The van der Waals surface area contributed by atoms with E-state index in [1.807, 2.05) is 0 Å². The zero-order chi connectivity index (χ0) is 14.3. The van der Waals surface area contributed by atoms with Gasteiger partial charge in [-0.3, -0.25) is 4.79 Å². The van der Waals surface area contributed by atoms with E-state index in [-0.39, 0.29) is 22.4 Å². The summed E-state index contributed by atoms with van der Waals surface area (Å²) in [5, 5.41) is 2.87. The van der Waals surface area contributed by atoms with Crippen molar-refractivity contribution in [3.05, 3.63) is 29.6 Å². The van der Waals surface area contributed by atoms with Gasteiger partial charge in [-0.15, -0.1) is 0 Å². The molecule has 0 spiro atoms. The quantitative estimate of drug-likeness (QED) is 0.842. The van der Waals surface area contributed by atoms with E-state index in [0.29, 0.717) is 11.6 Å². The van der Waals surface area contributed by atoms with Crippen molar-refractivity contribution in [1.29, 1.82) is 0 Å². The number of nitrogens with one attached hydrogen (secondary N) is 1. The Morgan fingerprint density at radius 1 is 1.35 bits per heavy atom. The lowest BCUT2D eigenvalue weighted by Crippen LogP contribution is -2.27. The maximum absolute atomic E-state index is 13.5. The van der Waals surface area contributed by atoms with Crippen molar-refractivity contribution >= 4 is 28.8 Å². The number of anilines is 1. The highest BCUT2D eigenvalue weighted by molar-refractivity contribution is 7.80. The molecule has 0 radical (unpaired) electrons. The molecule has 0 aliphatic heterocycles. The summed E-state index contributed by atoms with van der Waals surface area (Å²) in [7, 11) is 0. The molecule has 0 aromatic heterocycles. The van der Waals surface area contributed by atoms with Crippen LogP contribution in [0.5, 0.6) is 0 Å². The highest BCUT2D eigenvalue weighted by Gasteiger charge is 2.43. The minimum absolute atomic E-state index is 0.00137. The molecule has 5 heteroatoms. The number of thiocarbonyl (C=S) groups is 1. The highest BCUT2D eigenvalue weighted by atomic mass is 32.1. The molecule has 106 valence electrons. The van der Waals surface area contributed by atoms with Crippen molar-refractivity contribution in [2.45, 2.75) is 25.7 Å². The van der Waals surface area contributed by atoms with Crippen molar-refractivity contribution in [3.63, 3.8) is 0 Å². The van der Waals surface area contributed by atoms with E-state index in [4.69, 9.17) is 18.0 Å². The van der Waals surface area contributed by atoms with Gasteiger partial charge in [-0.2, -0.15) is 0 Å². The Kier molecular flexibility index (Phi) is 3.46. The topological polar surface area (TPSA) is 55.1 Å². The number of carbonyl (C=O) groups is 1. The van der Waals surface area contributed by atoms with Gasteiger partial charge in [0.2, 0.25) is 5.91 Å². The summed E-state index contributed by atoms with van der Waals surface area (Å²) in [6.07, 6.45) is 4.58. The normalized spacial score (nSPS) is 27.6. The summed E-state index contributed by atoms with van der Waals surface area (Å²) in [6, 6.07) is 4.33. The summed E-state index contributed by atoms with van der Waals surface area (Å²) in [5.41, 5.74) is 6.19. The van der Waals surface area contributed by atoms with Gasteiger partial charge in [0.15, 0.2) is 0 Å². The first-order chi connectivity index (χ1) is 9.54. The zero-order valence-electron chi connectivity index (χ0n) is 11.1. The third-order valence-corrected chi connectivity index (χ3v) is 4.79. The van der Waals surface area contributed by atoms with E-state index >= 15 is 0 Å². The largest absolute Gasteiger partial charge is 0.389 e. The Morgan fingerprint density at radius 3 is 2.75 bits per heavy atom. The first-order valence-corrected chi connectivity index (χ1v) is 7.35. The predicted molar refractivity (Wildman–Crippen MR) is 79.9 cm³/mol. The number of fused-ring (bicyclic) bond motifs is 2. The van der Waals surface area contributed by atoms with Gasteiger partial charge < -0.3 is 11.1 Å². The smallest absolute Gasteiger partial charge is 0.227 e. The Hall–Kier alpha value is -1.49. The molecule has 1 aromatic carbocycles. The van der Waals surface area contributed by atoms with E-state index in [2.05, 4.69) is 5.32 Å². The maximum atomic E-state index is 13.5. The summed E-state index contributed by atoms with van der Waals surface area (Å²) >= 11 is 4.80. The van der Waals surface area contributed by atoms with E-state index < -0.39 is 5.82 Å². The van der Waals surface area contributed by atoms with Crippen molar-refractivity contribution in [2.75, 3.05) is 5.32 Å². The minimum Gasteiger partial charge on any atom is -0.389 e. The number of rotatable bonds is 3. The fourth-order valence-electron chi connectivity index (χ4n) is 3.59. The third-order valence-electron chi connectivity index (χ3n) is 4.57. The van der Waals surface area contributed by atoms with Crippen molar-refractivity contribution in [1.82, 2.24) is 0 Å². The minimum atomic E-state index is -0.463. The lowest BCUT2D eigenvalue weighted by atomic mass is 9.88. The first kappa shape index (κ1) is 13.5. The molecule has 3 nitrogen and oxygen atoms in total. The predicted octanol–water partition coefficient (Wildman–Crippen LogP) is 2.83. The van der Waals surface area contributed by atoms with Gasteiger partial charge in [0.1, 0.15) is 10.8 Å². The number of hydrogen-bond donors (Lipinski definition) is 2. The van der Waals surface area contributed by atoms with Crippen LogP contribution >= 0.6 is 12.2 Å². The van der Waals surface area contributed by atoms with Gasteiger partial charge in [0, 0.05) is 17.2 Å². The summed E-state index contributed by atoms with van der Waals surface area (Å²) in [4.78, 5) is 12.3. The first-order valence-electron chi connectivity index (χ1n) is 6.95. The van der Waals surface area contributed by atoms with Crippen LogP contribution in [0.3, 0.4) is 0 Å².